The molecule has 5 nitrogen and oxygen atoms in total. The van der Waals surface area contributed by atoms with E-state index >= 15 is 0 Å². The summed E-state index contributed by atoms with van der Waals surface area (Å²) >= 11 is 0. The molecule has 0 bridgehead atoms. The van der Waals surface area contributed by atoms with E-state index in [-0.39, 0.29) is 0 Å². The van der Waals surface area contributed by atoms with Crippen LogP contribution < -0.4 is 0 Å². The fourth-order valence-corrected chi connectivity index (χ4v) is 9.08. The molecule has 0 spiro atoms. The Morgan fingerprint density at radius 1 is 0.286 bits per heavy atom. The van der Waals surface area contributed by atoms with Crippen LogP contribution in [-0.2, 0) is 0 Å². The molecule has 0 N–H and O–H groups in total. The second kappa shape index (κ2) is 15.2. The van der Waals surface area contributed by atoms with Gasteiger partial charge in [0, 0.05) is 60.4 Å². The van der Waals surface area contributed by atoms with Crippen molar-refractivity contribution in [2.45, 2.75) is 0 Å². The Balaban J connectivity index is 0.978. The minimum Gasteiger partial charge on any atom is -0.309 e. The Labute approximate surface area is 364 Å². The smallest absolute Gasteiger partial charge is 0.164 e. The van der Waals surface area contributed by atoms with E-state index in [4.69, 9.17) is 19.9 Å². The number of nitrogens with zero attached hydrogens (tertiary/aromatic N) is 5. The van der Waals surface area contributed by atoms with Crippen molar-refractivity contribution in [2.24, 2.45) is 0 Å². The van der Waals surface area contributed by atoms with Gasteiger partial charge in [-0.3, -0.25) is 0 Å². The molecule has 5 heteroatoms. The number of hydrogen-bond acceptors (Lipinski definition) is 4. The van der Waals surface area contributed by atoms with Gasteiger partial charge < -0.3 is 4.57 Å². The molecular weight excluding hydrogens is 767 g/mol. The number of para-hydroxylation sites is 3. The van der Waals surface area contributed by atoms with Crippen LogP contribution in [0.2, 0.25) is 0 Å². The molecule has 0 saturated carbocycles. The molecule has 0 unspecified atom stereocenters. The molecule has 0 aliphatic heterocycles. The molecular formula is C58H37N5. The van der Waals surface area contributed by atoms with Gasteiger partial charge in [0.2, 0.25) is 0 Å². The predicted octanol–water partition coefficient (Wildman–Crippen LogP) is 14.7. The van der Waals surface area contributed by atoms with Crippen LogP contribution >= 0.6 is 0 Å². The van der Waals surface area contributed by atoms with Crippen molar-refractivity contribution >= 4 is 43.5 Å². The summed E-state index contributed by atoms with van der Waals surface area (Å²) in [6, 6.07) is 78.7. The molecule has 12 rings (SSSR count). The third kappa shape index (κ3) is 6.34. The summed E-state index contributed by atoms with van der Waals surface area (Å²) in [4.78, 5) is 20.0. The molecule has 0 radical (unpaired) electrons. The van der Waals surface area contributed by atoms with Gasteiger partial charge in [0.15, 0.2) is 17.5 Å². The Hall–Kier alpha value is -8.54. The predicted molar refractivity (Wildman–Crippen MR) is 260 cm³/mol. The third-order valence-electron chi connectivity index (χ3n) is 12.0. The van der Waals surface area contributed by atoms with Crippen LogP contribution in [0.4, 0.5) is 0 Å². The highest BCUT2D eigenvalue weighted by atomic mass is 15.0. The fraction of sp³-hybridized carbons (Fsp3) is 0. The summed E-state index contributed by atoms with van der Waals surface area (Å²) in [5.41, 5.74) is 13.9. The number of pyridine rings is 1. The normalized spacial score (nSPS) is 11.5. The van der Waals surface area contributed by atoms with E-state index < -0.39 is 0 Å². The van der Waals surface area contributed by atoms with Gasteiger partial charge in [-0.2, -0.15) is 0 Å². The number of aromatic nitrogens is 5. The molecule has 0 aliphatic rings. The van der Waals surface area contributed by atoms with Gasteiger partial charge in [0.25, 0.3) is 0 Å². The lowest BCUT2D eigenvalue weighted by molar-refractivity contribution is 1.07. The molecule has 0 atom stereocenters. The first kappa shape index (κ1) is 36.3. The molecule has 0 fully saturated rings. The van der Waals surface area contributed by atoms with Crippen molar-refractivity contribution in [3.63, 3.8) is 0 Å². The van der Waals surface area contributed by atoms with Gasteiger partial charge in [-0.05, 0) is 41.0 Å². The summed E-state index contributed by atoms with van der Waals surface area (Å²) in [7, 11) is 0. The molecule has 12 aromatic rings. The van der Waals surface area contributed by atoms with E-state index in [0.717, 1.165) is 72.1 Å². The van der Waals surface area contributed by atoms with Gasteiger partial charge in [0.05, 0.1) is 22.2 Å². The summed E-state index contributed by atoms with van der Waals surface area (Å²) in [6.07, 6.45) is 0. The number of rotatable bonds is 7. The van der Waals surface area contributed by atoms with Gasteiger partial charge in [-0.15, -0.1) is 0 Å². The lowest BCUT2D eigenvalue weighted by atomic mass is 9.95. The Morgan fingerprint density at radius 2 is 0.762 bits per heavy atom. The number of hydrogen-bond donors (Lipinski definition) is 0. The van der Waals surface area contributed by atoms with Crippen LogP contribution in [0.15, 0.2) is 224 Å². The van der Waals surface area contributed by atoms with Crippen molar-refractivity contribution in [3.05, 3.63) is 224 Å². The van der Waals surface area contributed by atoms with Gasteiger partial charge in [-0.1, -0.05) is 200 Å². The summed E-state index contributed by atoms with van der Waals surface area (Å²) in [6.45, 7) is 0. The molecule has 0 saturated heterocycles. The molecule has 0 amide bonds. The van der Waals surface area contributed by atoms with Crippen molar-refractivity contribution < 1.29 is 0 Å². The lowest BCUT2D eigenvalue weighted by Crippen LogP contribution is -2.00. The molecule has 3 aromatic heterocycles. The van der Waals surface area contributed by atoms with E-state index in [0.29, 0.717) is 17.5 Å². The quantitative estimate of drug-likeness (QED) is 0.151. The fourth-order valence-electron chi connectivity index (χ4n) is 9.08. The lowest BCUT2D eigenvalue weighted by Gasteiger charge is -2.13. The SMILES string of the molecule is c1ccc(-c2nc(-c3ccccc3)nc(-c3ccc(-c4ccc(-c5cccc6c7c8c(ccc7n(-c7ccccc7)c56)c(-c5ccccc5)nc5ccccc58)cc4)cc3)n2)cc1. The molecule has 3 heterocycles. The summed E-state index contributed by atoms with van der Waals surface area (Å²) in [5, 5.41) is 5.94. The van der Waals surface area contributed by atoms with Gasteiger partial charge in [-0.25, -0.2) is 19.9 Å². The third-order valence-corrected chi connectivity index (χ3v) is 12.0. The summed E-state index contributed by atoms with van der Waals surface area (Å²) < 4.78 is 2.44. The molecule has 294 valence electrons. The molecule has 9 aromatic carbocycles. The average molecular weight is 804 g/mol. The first-order valence-electron chi connectivity index (χ1n) is 21.2. The standard InChI is InChI=1S/C58H37N5/c1-5-16-41(17-6-1)54-48-36-37-51-53(52(48)47-24-13-14-27-50(47)59-54)49-26-15-25-46(55(49)63(51)45-22-11-4-12-23-45)40-32-28-38(29-33-40)39-30-34-44(35-31-39)58-61-56(42-18-7-2-8-19-42)60-57(62-58)43-20-9-3-10-21-43/h1-37H. The maximum absolute atomic E-state index is 5.26. The maximum atomic E-state index is 5.26. The monoisotopic (exact) mass is 803 g/mol. The first-order chi connectivity index (χ1) is 31.2. The van der Waals surface area contributed by atoms with Crippen molar-refractivity contribution in [3.8, 4) is 73.4 Å². The second-order valence-corrected chi connectivity index (χ2v) is 15.8. The highest BCUT2D eigenvalue weighted by molar-refractivity contribution is 6.30. The average Bonchev–Trinajstić information content (AvgIpc) is 3.72. The van der Waals surface area contributed by atoms with E-state index in [9.17, 15) is 0 Å². The first-order valence-corrected chi connectivity index (χ1v) is 21.2. The highest BCUT2D eigenvalue weighted by Gasteiger charge is 2.22. The van der Waals surface area contributed by atoms with Crippen molar-refractivity contribution in [1.82, 2.24) is 24.5 Å². The van der Waals surface area contributed by atoms with Crippen LogP contribution in [0, 0.1) is 0 Å². The second-order valence-electron chi connectivity index (χ2n) is 15.8. The largest absolute Gasteiger partial charge is 0.309 e. The van der Waals surface area contributed by atoms with Crippen LogP contribution in [0.3, 0.4) is 0 Å². The zero-order valence-electron chi connectivity index (χ0n) is 34.1. The van der Waals surface area contributed by atoms with E-state index in [2.05, 4.69) is 168 Å². The van der Waals surface area contributed by atoms with Crippen molar-refractivity contribution in [1.29, 1.82) is 0 Å². The molecule has 63 heavy (non-hydrogen) atoms. The molecule has 0 aliphatic carbocycles. The topological polar surface area (TPSA) is 56.5 Å². The number of fused-ring (bicyclic) bond motifs is 7. The minimum atomic E-state index is 0.639. The zero-order chi connectivity index (χ0) is 41.7. The Morgan fingerprint density at radius 3 is 1.37 bits per heavy atom. The maximum Gasteiger partial charge on any atom is 0.164 e. The minimum absolute atomic E-state index is 0.639. The van der Waals surface area contributed by atoms with E-state index in [1.807, 2.05) is 60.7 Å². The van der Waals surface area contributed by atoms with Crippen LogP contribution in [0.5, 0.6) is 0 Å². The van der Waals surface area contributed by atoms with Crippen LogP contribution in [-0.4, -0.2) is 24.5 Å². The Bertz CT molecular complexity index is 3570. The summed E-state index contributed by atoms with van der Waals surface area (Å²) in [5.74, 6) is 1.94. The zero-order valence-corrected chi connectivity index (χ0v) is 34.1. The van der Waals surface area contributed by atoms with Crippen LogP contribution in [0.1, 0.15) is 0 Å². The highest BCUT2D eigenvalue weighted by Crippen LogP contribution is 2.45. The number of benzene rings is 9. The van der Waals surface area contributed by atoms with Crippen molar-refractivity contribution in [2.75, 3.05) is 0 Å². The van der Waals surface area contributed by atoms with Crippen LogP contribution in [0.25, 0.3) is 117 Å². The van der Waals surface area contributed by atoms with E-state index in [1.54, 1.807) is 0 Å². The van der Waals surface area contributed by atoms with Gasteiger partial charge in [0.1, 0.15) is 0 Å². The van der Waals surface area contributed by atoms with E-state index in [1.165, 1.54) is 27.2 Å². The van der Waals surface area contributed by atoms with Gasteiger partial charge >= 0.3 is 0 Å². The Kier molecular flexibility index (Phi) is 8.75.